The van der Waals surface area contributed by atoms with E-state index in [1.165, 1.54) is 0 Å². The quantitative estimate of drug-likeness (QED) is 0.558. The lowest BCUT2D eigenvalue weighted by atomic mass is 10.2. The molecule has 0 unspecified atom stereocenters. The SMILES string of the molecule is CCCc1nc(S/C(=C/c2ccc(N(C)C)c(Br)c2)C(=O)[O-])n[nH]1. The predicted octanol–water partition coefficient (Wildman–Crippen LogP) is 2.47. The highest BCUT2D eigenvalue weighted by molar-refractivity contribution is 9.10. The first-order valence-corrected chi connectivity index (χ1v) is 9.00. The summed E-state index contributed by atoms with van der Waals surface area (Å²) < 4.78 is 0.882. The topological polar surface area (TPSA) is 84.9 Å². The van der Waals surface area contributed by atoms with Gasteiger partial charge in [0.1, 0.15) is 5.82 Å². The van der Waals surface area contributed by atoms with Gasteiger partial charge in [0.2, 0.25) is 5.16 Å². The minimum atomic E-state index is -1.25. The van der Waals surface area contributed by atoms with Gasteiger partial charge in [-0.2, -0.15) is 0 Å². The van der Waals surface area contributed by atoms with Crippen molar-refractivity contribution in [3.63, 3.8) is 0 Å². The Labute approximate surface area is 153 Å². The average Bonchev–Trinajstić information content (AvgIpc) is 2.94. The molecular formula is C16H18BrN4O2S-. The largest absolute Gasteiger partial charge is 0.544 e. The van der Waals surface area contributed by atoms with Gasteiger partial charge in [-0.05, 0) is 57.9 Å². The van der Waals surface area contributed by atoms with E-state index in [1.54, 1.807) is 6.08 Å². The van der Waals surface area contributed by atoms with Gasteiger partial charge in [-0.15, -0.1) is 5.10 Å². The number of carboxylic acids is 1. The number of aromatic nitrogens is 3. The first kappa shape index (κ1) is 18.5. The lowest BCUT2D eigenvalue weighted by Gasteiger charge is -2.15. The van der Waals surface area contributed by atoms with Crippen LogP contribution < -0.4 is 10.0 Å². The number of nitrogens with one attached hydrogen (secondary N) is 1. The molecule has 8 heteroatoms. The molecule has 1 N–H and O–H groups in total. The lowest BCUT2D eigenvalue weighted by molar-refractivity contribution is -0.297. The normalized spacial score (nSPS) is 11.6. The van der Waals surface area contributed by atoms with Gasteiger partial charge in [-0.1, -0.05) is 13.0 Å². The highest BCUT2D eigenvalue weighted by Crippen LogP contribution is 2.29. The molecule has 0 radical (unpaired) electrons. The molecule has 2 rings (SSSR count). The van der Waals surface area contributed by atoms with Crippen molar-refractivity contribution >= 4 is 45.4 Å². The van der Waals surface area contributed by atoms with Crippen molar-refractivity contribution in [1.82, 2.24) is 15.2 Å². The Morgan fingerprint density at radius 3 is 2.79 bits per heavy atom. The van der Waals surface area contributed by atoms with Crippen LogP contribution in [0.15, 0.2) is 32.7 Å². The van der Waals surface area contributed by atoms with E-state index in [0.29, 0.717) is 5.16 Å². The fourth-order valence-electron chi connectivity index (χ4n) is 2.03. The smallest absolute Gasteiger partial charge is 0.213 e. The van der Waals surface area contributed by atoms with E-state index >= 15 is 0 Å². The van der Waals surface area contributed by atoms with Crippen LogP contribution in [0.5, 0.6) is 0 Å². The lowest BCUT2D eigenvalue weighted by Crippen LogP contribution is -2.23. The number of aryl methyl sites for hydroxylation is 1. The Morgan fingerprint density at radius 1 is 1.46 bits per heavy atom. The molecule has 6 nitrogen and oxygen atoms in total. The minimum absolute atomic E-state index is 0.0570. The second-order valence-electron chi connectivity index (χ2n) is 5.32. The predicted molar refractivity (Wildman–Crippen MR) is 97.7 cm³/mol. The van der Waals surface area contributed by atoms with Crippen molar-refractivity contribution in [3.05, 3.63) is 39.0 Å². The van der Waals surface area contributed by atoms with Crippen LogP contribution in [0, 0.1) is 0 Å². The molecule has 0 saturated heterocycles. The number of halogens is 1. The van der Waals surface area contributed by atoms with Crippen molar-refractivity contribution in [1.29, 1.82) is 0 Å². The van der Waals surface area contributed by atoms with Crippen molar-refractivity contribution in [3.8, 4) is 0 Å². The number of benzene rings is 1. The van der Waals surface area contributed by atoms with Gasteiger partial charge in [-0.25, -0.2) is 4.98 Å². The number of hydrogen-bond acceptors (Lipinski definition) is 6. The summed E-state index contributed by atoms with van der Waals surface area (Å²) in [6, 6.07) is 5.63. The molecule has 1 aromatic heterocycles. The van der Waals surface area contributed by atoms with Gasteiger partial charge in [-0.3, -0.25) is 5.10 Å². The minimum Gasteiger partial charge on any atom is -0.544 e. The molecule has 128 valence electrons. The van der Waals surface area contributed by atoms with Crippen LogP contribution in [0.25, 0.3) is 6.08 Å². The Balaban J connectivity index is 2.24. The Bertz CT molecular complexity index is 758. The monoisotopic (exact) mass is 409 g/mol. The second kappa shape index (κ2) is 8.34. The Kier molecular flexibility index (Phi) is 6.44. The van der Waals surface area contributed by atoms with Crippen LogP contribution in [0.1, 0.15) is 24.7 Å². The number of H-pyrrole nitrogens is 1. The van der Waals surface area contributed by atoms with E-state index in [2.05, 4.69) is 31.1 Å². The summed E-state index contributed by atoms with van der Waals surface area (Å²) in [5, 5.41) is 18.6. The average molecular weight is 410 g/mol. The molecule has 0 bridgehead atoms. The first-order valence-electron chi connectivity index (χ1n) is 7.39. The van der Waals surface area contributed by atoms with E-state index in [0.717, 1.165) is 46.2 Å². The number of carbonyl (C=O) groups is 1. The van der Waals surface area contributed by atoms with Gasteiger partial charge in [0.05, 0.1) is 11.7 Å². The molecule has 0 atom stereocenters. The Morgan fingerprint density at radius 2 is 2.21 bits per heavy atom. The van der Waals surface area contributed by atoms with E-state index in [9.17, 15) is 9.90 Å². The molecule has 0 aliphatic rings. The van der Waals surface area contributed by atoms with Crippen molar-refractivity contribution < 1.29 is 9.90 Å². The van der Waals surface area contributed by atoms with Gasteiger partial charge >= 0.3 is 0 Å². The first-order chi connectivity index (χ1) is 11.4. The number of thioether (sulfide) groups is 1. The number of aromatic amines is 1. The van der Waals surface area contributed by atoms with Crippen LogP contribution in [0.3, 0.4) is 0 Å². The summed E-state index contributed by atoms with van der Waals surface area (Å²) in [7, 11) is 3.88. The number of anilines is 1. The van der Waals surface area contributed by atoms with Crippen LogP contribution in [-0.4, -0.2) is 35.2 Å². The molecular weight excluding hydrogens is 392 g/mol. The number of carboxylic acid groups (broad SMARTS) is 1. The number of hydrogen-bond donors (Lipinski definition) is 1. The van der Waals surface area contributed by atoms with E-state index in [-0.39, 0.29) is 4.91 Å². The Hall–Kier alpha value is -1.80. The number of rotatable bonds is 7. The molecule has 0 spiro atoms. The fraction of sp³-hybridized carbons (Fsp3) is 0.312. The summed E-state index contributed by atoms with van der Waals surface area (Å²) in [6.07, 6.45) is 3.27. The summed E-state index contributed by atoms with van der Waals surface area (Å²) in [4.78, 5) is 17.7. The highest BCUT2D eigenvalue weighted by Gasteiger charge is 2.09. The molecule has 24 heavy (non-hydrogen) atoms. The molecule has 0 amide bonds. The zero-order chi connectivity index (χ0) is 17.7. The highest BCUT2D eigenvalue weighted by atomic mass is 79.9. The number of aliphatic carboxylic acids is 1. The summed E-state index contributed by atoms with van der Waals surface area (Å²) in [6.45, 7) is 2.04. The van der Waals surface area contributed by atoms with Crippen LogP contribution in [0.4, 0.5) is 5.69 Å². The molecule has 0 aliphatic carbocycles. The summed E-state index contributed by atoms with van der Waals surface area (Å²) in [5.41, 5.74) is 1.76. The van der Waals surface area contributed by atoms with Crippen molar-refractivity contribution in [2.24, 2.45) is 0 Å². The maximum atomic E-state index is 11.4. The molecule has 2 aromatic rings. The van der Waals surface area contributed by atoms with Gasteiger partial charge < -0.3 is 14.8 Å². The van der Waals surface area contributed by atoms with Gasteiger partial charge in [0, 0.05) is 29.9 Å². The second-order valence-corrected chi connectivity index (χ2v) is 7.18. The third kappa shape index (κ3) is 4.85. The molecule has 0 saturated carbocycles. The van der Waals surface area contributed by atoms with E-state index < -0.39 is 5.97 Å². The van der Waals surface area contributed by atoms with E-state index in [4.69, 9.17) is 0 Å². The van der Waals surface area contributed by atoms with Crippen LogP contribution in [0.2, 0.25) is 0 Å². The summed E-state index contributed by atoms with van der Waals surface area (Å²) >= 11 is 4.47. The number of nitrogens with zero attached hydrogens (tertiary/aromatic N) is 3. The van der Waals surface area contributed by atoms with Gasteiger partial charge in [0.25, 0.3) is 0 Å². The van der Waals surface area contributed by atoms with Gasteiger partial charge in [0.15, 0.2) is 0 Å². The fourth-order valence-corrected chi connectivity index (χ4v) is 3.50. The number of carbonyl (C=O) groups excluding carboxylic acids is 1. The molecule has 1 aromatic carbocycles. The van der Waals surface area contributed by atoms with Crippen LogP contribution >= 0.6 is 27.7 Å². The summed E-state index contributed by atoms with van der Waals surface area (Å²) in [5.74, 6) is -0.509. The maximum absolute atomic E-state index is 11.4. The van der Waals surface area contributed by atoms with Crippen molar-refractivity contribution in [2.45, 2.75) is 24.9 Å². The van der Waals surface area contributed by atoms with E-state index in [1.807, 2.05) is 44.1 Å². The third-order valence-corrected chi connectivity index (χ3v) is 4.66. The van der Waals surface area contributed by atoms with Crippen LogP contribution in [-0.2, 0) is 11.2 Å². The molecule has 1 heterocycles. The third-order valence-electron chi connectivity index (χ3n) is 3.15. The zero-order valence-corrected chi connectivity index (χ0v) is 16.1. The van der Waals surface area contributed by atoms with Crippen molar-refractivity contribution in [2.75, 3.05) is 19.0 Å². The standard InChI is InChI=1S/C16H19BrN4O2S/c1-4-5-14-18-16(20-19-14)24-13(15(22)23)9-10-6-7-12(21(2)3)11(17)8-10/h6-9H,4-5H2,1-3H3,(H,22,23)(H,18,19,20)/p-1/b13-9+. The molecule has 0 aliphatic heterocycles. The maximum Gasteiger partial charge on any atom is 0.213 e. The zero-order valence-electron chi connectivity index (χ0n) is 13.7. The molecule has 0 fully saturated rings.